The van der Waals surface area contributed by atoms with Gasteiger partial charge >= 0.3 is 0 Å². The molecule has 1 aromatic carbocycles. The lowest BCUT2D eigenvalue weighted by Gasteiger charge is -2.27. The van der Waals surface area contributed by atoms with Crippen LogP contribution in [0.3, 0.4) is 0 Å². The van der Waals surface area contributed by atoms with Crippen LogP contribution in [-0.4, -0.2) is 74.2 Å². The second-order valence-corrected chi connectivity index (χ2v) is 7.06. The van der Waals surface area contributed by atoms with Crippen molar-refractivity contribution in [1.29, 1.82) is 0 Å². The Labute approximate surface area is 151 Å². The number of hydrogen-bond donors (Lipinski definition) is 1. The number of anilines is 1. The van der Waals surface area contributed by atoms with E-state index in [0.717, 1.165) is 54.8 Å². The van der Waals surface area contributed by atoms with Crippen molar-refractivity contribution in [2.75, 3.05) is 59.7 Å². The molecule has 0 fully saturated rings. The van der Waals surface area contributed by atoms with Gasteiger partial charge < -0.3 is 20.0 Å². The van der Waals surface area contributed by atoms with Gasteiger partial charge in [-0.05, 0) is 90.6 Å². The van der Waals surface area contributed by atoms with Crippen molar-refractivity contribution in [3.63, 3.8) is 0 Å². The maximum absolute atomic E-state index is 5.93. The van der Waals surface area contributed by atoms with E-state index in [9.17, 15) is 0 Å². The van der Waals surface area contributed by atoms with Crippen LogP contribution in [0.25, 0.3) is 0 Å². The molecule has 0 spiro atoms. The van der Waals surface area contributed by atoms with E-state index < -0.39 is 0 Å². The summed E-state index contributed by atoms with van der Waals surface area (Å²) in [6.45, 7) is 4.05. The monoisotopic (exact) mass is 356 g/mol. The second-order valence-electron chi connectivity index (χ2n) is 6.24. The van der Waals surface area contributed by atoms with Gasteiger partial charge in [0.1, 0.15) is 0 Å². The molecule has 0 aliphatic carbocycles. The molecule has 0 atom stereocenters. The summed E-state index contributed by atoms with van der Waals surface area (Å²) in [5.74, 6) is 0. The minimum Gasteiger partial charge on any atom is -0.349 e. The largest absolute Gasteiger partial charge is 0.349 e. The molecular formula is C17H29ClN4S. The van der Waals surface area contributed by atoms with Gasteiger partial charge in [0.15, 0.2) is 5.11 Å². The third-order valence-electron chi connectivity index (χ3n) is 3.45. The summed E-state index contributed by atoms with van der Waals surface area (Å²) in [5, 5.41) is 4.83. The standard InChI is InChI=1S/C17H29ClN4S/c1-20(2)11-5-13-22(14-6-12-21(3)4)17(23)19-16-9-7-15(18)8-10-16/h7-10H,5-6,11-14H2,1-4H3,(H,19,23). The molecule has 6 heteroatoms. The Bertz CT molecular complexity index is 448. The zero-order valence-corrected chi connectivity index (χ0v) is 16.3. The van der Waals surface area contributed by atoms with Crippen molar-refractivity contribution >= 4 is 34.6 Å². The minimum absolute atomic E-state index is 0.732. The predicted octanol–water partition coefficient (Wildman–Crippen LogP) is 3.24. The highest BCUT2D eigenvalue weighted by molar-refractivity contribution is 7.80. The predicted molar refractivity (Wildman–Crippen MR) is 106 cm³/mol. The van der Waals surface area contributed by atoms with Crippen LogP contribution in [-0.2, 0) is 0 Å². The van der Waals surface area contributed by atoms with Crippen molar-refractivity contribution in [3.05, 3.63) is 29.3 Å². The summed E-state index contributed by atoms with van der Waals surface area (Å²) in [6, 6.07) is 7.64. The highest BCUT2D eigenvalue weighted by atomic mass is 35.5. The van der Waals surface area contributed by atoms with Crippen molar-refractivity contribution in [2.24, 2.45) is 0 Å². The van der Waals surface area contributed by atoms with Gasteiger partial charge in [0, 0.05) is 23.8 Å². The number of nitrogens with one attached hydrogen (secondary N) is 1. The Balaban J connectivity index is 2.56. The Morgan fingerprint density at radius 3 is 1.83 bits per heavy atom. The lowest BCUT2D eigenvalue weighted by Crippen LogP contribution is -2.38. The molecule has 0 amide bonds. The van der Waals surface area contributed by atoms with Crippen LogP contribution in [0.5, 0.6) is 0 Å². The molecule has 0 aliphatic heterocycles. The van der Waals surface area contributed by atoms with Crippen molar-refractivity contribution in [2.45, 2.75) is 12.8 Å². The Morgan fingerprint density at radius 2 is 1.39 bits per heavy atom. The first-order valence-corrected chi connectivity index (χ1v) is 8.78. The number of thiocarbonyl (C=S) groups is 1. The molecule has 0 bridgehead atoms. The third-order valence-corrected chi connectivity index (χ3v) is 4.06. The average molecular weight is 357 g/mol. The second kappa shape index (κ2) is 10.8. The molecule has 23 heavy (non-hydrogen) atoms. The van der Waals surface area contributed by atoms with Crippen LogP contribution in [0.4, 0.5) is 5.69 Å². The SMILES string of the molecule is CN(C)CCCN(CCCN(C)C)C(=S)Nc1ccc(Cl)cc1. The molecule has 4 nitrogen and oxygen atoms in total. The maximum Gasteiger partial charge on any atom is 0.173 e. The van der Waals surface area contributed by atoms with Crippen LogP contribution in [0.2, 0.25) is 5.02 Å². The molecule has 0 saturated carbocycles. The summed E-state index contributed by atoms with van der Waals surface area (Å²) >= 11 is 11.5. The number of halogens is 1. The van der Waals surface area contributed by atoms with Gasteiger partial charge in [0.25, 0.3) is 0 Å². The van der Waals surface area contributed by atoms with Gasteiger partial charge in [-0.15, -0.1) is 0 Å². The lowest BCUT2D eigenvalue weighted by molar-refractivity contribution is 0.325. The van der Waals surface area contributed by atoms with Gasteiger partial charge in [-0.1, -0.05) is 11.6 Å². The molecule has 0 heterocycles. The van der Waals surface area contributed by atoms with Gasteiger partial charge in [-0.25, -0.2) is 0 Å². The van der Waals surface area contributed by atoms with E-state index in [4.69, 9.17) is 23.8 Å². The first-order chi connectivity index (χ1) is 10.9. The lowest BCUT2D eigenvalue weighted by atomic mass is 10.3. The molecule has 1 rings (SSSR count). The normalized spacial score (nSPS) is 11.1. The van der Waals surface area contributed by atoms with E-state index in [1.165, 1.54) is 0 Å². The van der Waals surface area contributed by atoms with E-state index in [1.54, 1.807) is 0 Å². The first-order valence-electron chi connectivity index (χ1n) is 7.99. The van der Waals surface area contributed by atoms with Crippen LogP contribution in [0.1, 0.15) is 12.8 Å². The third kappa shape index (κ3) is 9.11. The Hall–Kier alpha value is -0.880. The molecule has 0 radical (unpaired) electrons. The van der Waals surface area contributed by atoms with E-state index >= 15 is 0 Å². The first kappa shape index (κ1) is 20.2. The molecule has 0 saturated heterocycles. The Kier molecular flexibility index (Phi) is 9.48. The summed E-state index contributed by atoms with van der Waals surface area (Å²) in [5.41, 5.74) is 0.976. The van der Waals surface area contributed by atoms with Gasteiger partial charge in [0.05, 0.1) is 0 Å². The van der Waals surface area contributed by atoms with Crippen LogP contribution in [0.15, 0.2) is 24.3 Å². The van der Waals surface area contributed by atoms with Gasteiger partial charge in [-0.3, -0.25) is 0 Å². The number of rotatable bonds is 9. The fraction of sp³-hybridized carbons (Fsp3) is 0.588. The molecule has 1 N–H and O–H groups in total. The summed E-state index contributed by atoms with van der Waals surface area (Å²) in [6.07, 6.45) is 2.19. The van der Waals surface area contributed by atoms with Crippen molar-refractivity contribution in [1.82, 2.24) is 14.7 Å². The smallest absolute Gasteiger partial charge is 0.173 e. The van der Waals surface area contributed by atoms with E-state index in [2.05, 4.69) is 48.2 Å². The van der Waals surface area contributed by atoms with Crippen molar-refractivity contribution in [3.8, 4) is 0 Å². The van der Waals surface area contributed by atoms with Crippen LogP contribution >= 0.6 is 23.8 Å². The Morgan fingerprint density at radius 1 is 0.913 bits per heavy atom. The molecule has 130 valence electrons. The number of benzene rings is 1. The van der Waals surface area contributed by atoms with Gasteiger partial charge in [0.2, 0.25) is 0 Å². The van der Waals surface area contributed by atoms with Gasteiger partial charge in [-0.2, -0.15) is 0 Å². The van der Waals surface area contributed by atoms with Crippen molar-refractivity contribution < 1.29 is 0 Å². The molecular weight excluding hydrogens is 328 g/mol. The van der Waals surface area contributed by atoms with E-state index in [1.807, 2.05) is 24.3 Å². The molecule has 0 aliphatic rings. The van der Waals surface area contributed by atoms with E-state index in [-0.39, 0.29) is 0 Å². The number of hydrogen-bond acceptors (Lipinski definition) is 3. The van der Waals surface area contributed by atoms with Crippen LogP contribution < -0.4 is 5.32 Å². The quantitative estimate of drug-likeness (QED) is 0.684. The fourth-order valence-electron chi connectivity index (χ4n) is 2.21. The molecule has 0 aromatic heterocycles. The maximum atomic E-state index is 5.93. The molecule has 0 unspecified atom stereocenters. The zero-order chi connectivity index (χ0) is 17.2. The summed E-state index contributed by atoms with van der Waals surface area (Å²) in [4.78, 5) is 6.66. The topological polar surface area (TPSA) is 21.8 Å². The molecule has 1 aromatic rings. The summed E-state index contributed by atoms with van der Waals surface area (Å²) in [7, 11) is 8.39. The minimum atomic E-state index is 0.732. The van der Waals surface area contributed by atoms with E-state index in [0.29, 0.717) is 0 Å². The van der Waals surface area contributed by atoms with Crippen LogP contribution in [0, 0.1) is 0 Å². The highest BCUT2D eigenvalue weighted by Crippen LogP contribution is 2.14. The highest BCUT2D eigenvalue weighted by Gasteiger charge is 2.10. The fourth-order valence-corrected chi connectivity index (χ4v) is 2.63. The summed E-state index contributed by atoms with van der Waals surface area (Å²) < 4.78 is 0. The number of nitrogens with zero attached hydrogens (tertiary/aromatic N) is 3. The zero-order valence-electron chi connectivity index (χ0n) is 14.7. The average Bonchev–Trinajstić information content (AvgIpc) is 2.47.